The van der Waals surface area contributed by atoms with Crippen molar-refractivity contribution in [2.24, 2.45) is 0 Å². The number of halogens is 2. The van der Waals surface area contributed by atoms with Gasteiger partial charge in [0.1, 0.15) is 5.82 Å². The number of allylic oxidation sites excluding steroid dienone is 3. The predicted molar refractivity (Wildman–Crippen MR) is 78.9 cm³/mol. The monoisotopic (exact) mass is 293 g/mol. The van der Waals surface area contributed by atoms with Crippen LogP contribution in [0.5, 0.6) is 0 Å². The number of carbonyl (C=O) groups is 1. The minimum atomic E-state index is -0.367. The highest BCUT2D eigenvalue weighted by Crippen LogP contribution is 2.30. The Hall–Kier alpha value is -1.61. The fraction of sp³-hybridized carbons (Fsp3) is 0.312. The first kappa shape index (κ1) is 14.8. The number of benzene rings is 1. The van der Waals surface area contributed by atoms with Crippen LogP contribution in [0.2, 0.25) is 5.02 Å². The fourth-order valence-electron chi connectivity index (χ4n) is 1.97. The average molecular weight is 294 g/mol. The van der Waals surface area contributed by atoms with Crippen molar-refractivity contribution in [3.8, 4) is 0 Å². The van der Waals surface area contributed by atoms with Crippen LogP contribution in [0.4, 0.5) is 4.39 Å². The molecule has 0 spiro atoms. The number of nitrogens with zero attached hydrogens (tertiary/aromatic N) is 1. The third-order valence-corrected chi connectivity index (χ3v) is 3.56. The summed E-state index contributed by atoms with van der Waals surface area (Å²) in [5.41, 5.74) is 0.383. The highest BCUT2D eigenvalue weighted by atomic mass is 35.5. The van der Waals surface area contributed by atoms with Crippen LogP contribution in [0.1, 0.15) is 25.3 Å². The minimum absolute atomic E-state index is 0.107. The van der Waals surface area contributed by atoms with E-state index in [1.54, 1.807) is 29.2 Å². The first-order chi connectivity index (χ1) is 9.63. The minimum Gasteiger partial charge on any atom is -0.332 e. The smallest absolute Gasteiger partial charge is 0.247 e. The molecule has 0 N–H and O–H groups in total. The lowest BCUT2D eigenvalue weighted by Gasteiger charge is -2.21. The van der Waals surface area contributed by atoms with Crippen molar-refractivity contribution in [2.75, 3.05) is 0 Å². The van der Waals surface area contributed by atoms with Gasteiger partial charge in [0.25, 0.3) is 0 Å². The Labute approximate surface area is 123 Å². The summed E-state index contributed by atoms with van der Waals surface area (Å²) in [5.74, 6) is -0.474. The van der Waals surface area contributed by atoms with Crippen LogP contribution in [0.25, 0.3) is 0 Å². The highest BCUT2D eigenvalue weighted by Gasteiger charge is 2.32. The van der Waals surface area contributed by atoms with Gasteiger partial charge >= 0.3 is 0 Å². The number of amides is 1. The van der Waals surface area contributed by atoms with E-state index in [0.717, 1.165) is 12.8 Å². The Morgan fingerprint density at radius 3 is 2.80 bits per heavy atom. The van der Waals surface area contributed by atoms with Gasteiger partial charge in [0, 0.05) is 22.7 Å². The molecular weight excluding hydrogens is 277 g/mol. The molecule has 1 saturated carbocycles. The average Bonchev–Trinajstić information content (AvgIpc) is 3.23. The molecule has 0 saturated heterocycles. The van der Waals surface area contributed by atoms with Gasteiger partial charge in [-0.1, -0.05) is 35.9 Å². The molecule has 1 aromatic carbocycles. The highest BCUT2D eigenvalue weighted by molar-refractivity contribution is 6.31. The van der Waals surface area contributed by atoms with Crippen LogP contribution in [-0.4, -0.2) is 16.8 Å². The normalized spacial score (nSPS) is 15.2. The summed E-state index contributed by atoms with van der Waals surface area (Å²) in [6.07, 6.45) is 8.77. The lowest BCUT2D eigenvalue weighted by atomic mass is 10.2. The van der Waals surface area contributed by atoms with E-state index in [9.17, 15) is 9.18 Å². The van der Waals surface area contributed by atoms with Crippen molar-refractivity contribution < 1.29 is 9.18 Å². The number of hydrogen-bond donors (Lipinski definition) is 0. The summed E-state index contributed by atoms with van der Waals surface area (Å²) >= 11 is 6.02. The van der Waals surface area contributed by atoms with Crippen LogP contribution in [0.3, 0.4) is 0 Å². The molecule has 0 unspecified atom stereocenters. The summed E-state index contributed by atoms with van der Waals surface area (Å²) in [7, 11) is 0. The predicted octanol–water partition coefficient (Wildman–Crippen LogP) is 4.10. The van der Waals surface area contributed by atoms with Crippen LogP contribution >= 0.6 is 11.6 Å². The topological polar surface area (TPSA) is 20.3 Å². The Morgan fingerprint density at radius 1 is 1.45 bits per heavy atom. The van der Waals surface area contributed by atoms with Gasteiger partial charge in [0.15, 0.2) is 0 Å². The maximum absolute atomic E-state index is 13.8. The molecule has 0 aromatic heterocycles. The van der Waals surface area contributed by atoms with Gasteiger partial charge in [-0.05, 0) is 31.9 Å². The molecule has 0 atom stereocenters. The Kier molecular flexibility index (Phi) is 4.96. The summed E-state index contributed by atoms with van der Waals surface area (Å²) < 4.78 is 13.8. The van der Waals surface area contributed by atoms with E-state index in [1.807, 2.05) is 13.0 Å². The van der Waals surface area contributed by atoms with Crippen molar-refractivity contribution in [1.29, 1.82) is 0 Å². The number of rotatable bonds is 5. The van der Waals surface area contributed by atoms with E-state index >= 15 is 0 Å². The van der Waals surface area contributed by atoms with E-state index in [0.29, 0.717) is 10.6 Å². The van der Waals surface area contributed by atoms with Gasteiger partial charge in [-0.25, -0.2) is 4.39 Å². The first-order valence-electron chi connectivity index (χ1n) is 6.66. The van der Waals surface area contributed by atoms with Crippen molar-refractivity contribution in [2.45, 2.75) is 32.4 Å². The Balaban J connectivity index is 2.16. The van der Waals surface area contributed by atoms with E-state index in [-0.39, 0.29) is 24.3 Å². The maximum Gasteiger partial charge on any atom is 0.247 e. The third-order valence-electron chi connectivity index (χ3n) is 3.20. The second kappa shape index (κ2) is 6.71. The molecule has 0 bridgehead atoms. The van der Waals surface area contributed by atoms with Gasteiger partial charge in [0.2, 0.25) is 5.91 Å². The molecule has 0 heterocycles. The molecule has 2 nitrogen and oxygen atoms in total. The van der Waals surface area contributed by atoms with Crippen molar-refractivity contribution in [3.05, 3.63) is 58.9 Å². The molecular formula is C16H17ClFNO. The van der Waals surface area contributed by atoms with Crippen molar-refractivity contribution in [1.82, 2.24) is 4.90 Å². The zero-order chi connectivity index (χ0) is 14.5. The van der Waals surface area contributed by atoms with Crippen LogP contribution in [0, 0.1) is 5.82 Å². The zero-order valence-corrected chi connectivity index (χ0v) is 12.1. The molecule has 20 heavy (non-hydrogen) atoms. The molecule has 1 fully saturated rings. The molecule has 1 amide bonds. The summed E-state index contributed by atoms with van der Waals surface area (Å²) in [5, 5.41) is 0.362. The van der Waals surface area contributed by atoms with Crippen molar-refractivity contribution >= 4 is 17.5 Å². The first-order valence-corrected chi connectivity index (χ1v) is 7.04. The van der Waals surface area contributed by atoms with Crippen LogP contribution < -0.4 is 0 Å². The van der Waals surface area contributed by atoms with Crippen LogP contribution in [0.15, 0.2) is 42.5 Å². The molecule has 0 radical (unpaired) electrons. The Bertz CT molecular complexity index is 529. The van der Waals surface area contributed by atoms with E-state index in [1.165, 1.54) is 12.1 Å². The van der Waals surface area contributed by atoms with Gasteiger partial charge < -0.3 is 4.90 Å². The number of carbonyl (C=O) groups excluding carboxylic acids is 1. The molecule has 0 aliphatic heterocycles. The van der Waals surface area contributed by atoms with Gasteiger partial charge in [-0.2, -0.15) is 0 Å². The summed E-state index contributed by atoms with van der Waals surface area (Å²) in [4.78, 5) is 13.9. The second-order valence-electron chi connectivity index (χ2n) is 4.78. The SMILES string of the molecule is C/C=C/C=C/C(=O)N(Cc1c(F)cccc1Cl)C1CC1. The van der Waals surface area contributed by atoms with Crippen molar-refractivity contribution in [3.63, 3.8) is 0 Å². The zero-order valence-electron chi connectivity index (χ0n) is 11.4. The second-order valence-corrected chi connectivity index (χ2v) is 5.19. The van der Waals surface area contributed by atoms with Gasteiger partial charge in [-0.15, -0.1) is 0 Å². The largest absolute Gasteiger partial charge is 0.332 e. The lowest BCUT2D eigenvalue weighted by Crippen LogP contribution is -2.31. The van der Waals surface area contributed by atoms with Gasteiger partial charge in [0.05, 0.1) is 6.54 Å². The third kappa shape index (κ3) is 3.70. The van der Waals surface area contributed by atoms with Crippen LogP contribution in [-0.2, 0) is 11.3 Å². The molecule has 106 valence electrons. The van der Waals surface area contributed by atoms with E-state index in [4.69, 9.17) is 11.6 Å². The van der Waals surface area contributed by atoms with E-state index in [2.05, 4.69) is 0 Å². The maximum atomic E-state index is 13.8. The molecule has 4 heteroatoms. The van der Waals surface area contributed by atoms with E-state index < -0.39 is 0 Å². The fourth-order valence-corrected chi connectivity index (χ4v) is 2.19. The van der Waals surface area contributed by atoms with Gasteiger partial charge in [-0.3, -0.25) is 4.79 Å². The lowest BCUT2D eigenvalue weighted by molar-refractivity contribution is -0.127. The molecule has 1 aliphatic carbocycles. The molecule has 2 rings (SSSR count). The summed E-state index contributed by atoms with van der Waals surface area (Å²) in [6.45, 7) is 2.10. The molecule has 1 aromatic rings. The molecule has 1 aliphatic rings. The quantitative estimate of drug-likeness (QED) is 0.591. The Morgan fingerprint density at radius 2 is 2.20 bits per heavy atom. The standard InChI is InChI=1S/C16H17ClFNO/c1-2-3-4-8-16(20)19(12-9-10-12)11-13-14(17)6-5-7-15(13)18/h2-8,12H,9-11H2,1H3/b3-2+,8-4+. The summed E-state index contributed by atoms with van der Waals surface area (Å²) in [6, 6.07) is 4.78. The number of hydrogen-bond acceptors (Lipinski definition) is 1.